The fourth-order valence-corrected chi connectivity index (χ4v) is 11.2. The van der Waals surface area contributed by atoms with E-state index in [9.17, 15) is 19.5 Å². The summed E-state index contributed by atoms with van der Waals surface area (Å²) >= 11 is 0. The number of esters is 1. The van der Waals surface area contributed by atoms with Crippen LogP contribution < -0.4 is 0 Å². The molecule has 0 aliphatic heterocycles. The molecule has 4 saturated carbocycles. The fraction of sp³-hybridized carbons (Fsp3) is 0.853. The van der Waals surface area contributed by atoms with Gasteiger partial charge in [-0.1, -0.05) is 53.2 Å². The summed E-state index contributed by atoms with van der Waals surface area (Å²) in [5.41, 5.74) is 1.24. The van der Waals surface area contributed by atoms with Gasteiger partial charge in [-0.15, -0.1) is 0 Å². The average Bonchev–Trinajstić information content (AvgIpc) is 2.86. The number of fused-ring (bicyclic) bond motifs is 7. The monoisotopic (exact) mass is 556 g/mol. The van der Waals surface area contributed by atoms with Crippen LogP contribution in [0.5, 0.6) is 0 Å². The van der Waals surface area contributed by atoms with Gasteiger partial charge in [-0.2, -0.15) is 0 Å². The summed E-state index contributed by atoms with van der Waals surface area (Å²) in [6, 6.07) is 0. The third-order valence-electron chi connectivity index (χ3n) is 14.1. The molecule has 2 N–H and O–H groups in total. The lowest BCUT2D eigenvalue weighted by Gasteiger charge is -2.70. The molecule has 6 heteroatoms. The lowest BCUT2D eigenvalue weighted by Crippen LogP contribution is -2.63. The van der Waals surface area contributed by atoms with Crippen LogP contribution in [0.1, 0.15) is 126 Å². The van der Waals surface area contributed by atoms with E-state index in [0.29, 0.717) is 17.8 Å². The molecule has 0 saturated heterocycles. The molecule has 6 nitrogen and oxygen atoms in total. The number of carbonyl (C=O) groups is 3. The largest absolute Gasteiger partial charge is 0.481 e. The van der Waals surface area contributed by atoms with Gasteiger partial charge in [-0.05, 0) is 111 Å². The first-order chi connectivity index (χ1) is 18.4. The fourth-order valence-electron chi connectivity index (χ4n) is 11.2. The van der Waals surface area contributed by atoms with Crippen LogP contribution in [0.2, 0.25) is 0 Å². The van der Waals surface area contributed by atoms with Gasteiger partial charge in [0.05, 0.1) is 18.3 Å². The van der Waals surface area contributed by atoms with Crippen molar-refractivity contribution in [3.8, 4) is 0 Å². The molecular weight excluding hydrogens is 504 g/mol. The Hall–Kier alpha value is -1.85. The highest BCUT2D eigenvalue weighted by molar-refractivity contribution is 5.76. The summed E-state index contributed by atoms with van der Waals surface area (Å²) in [5.74, 6) is -0.695. The van der Waals surface area contributed by atoms with E-state index in [1.807, 2.05) is 6.92 Å². The molecule has 0 heterocycles. The summed E-state index contributed by atoms with van der Waals surface area (Å²) in [4.78, 5) is 35.8. The molecule has 0 bridgehead atoms. The molecule has 0 amide bonds. The predicted octanol–water partition coefficient (Wildman–Crippen LogP) is 7.65. The number of carbonyl (C=O) groups excluding carboxylic acids is 1. The first-order valence-corrected chi connectivity index (χ1v) is 15.8. The number of carboxylic acids is 2. The van der Waals surface area contributed by atoms with Crippen molar-refractivity contribution in [1.29, 1.82) is 0 Å². The van der Waals surface area contributed by atoms with Crippen LogP contribution in [0.4, 0.5) is 0 Å². The van der Waals surface area contributed by atoms with E-state index in [4.69, 9.17) is 9.84 Å². The smallest absolute Gasteiger partial charge is 0.309 e. The maximum atomic E-state index is 12.5. The summed E-state index contributed by atoms with van der Waals surface area (Å²) < 4.78 is 5.96. The molecule has 5 aliphatic rings. The third kappa shape index (κ3) is 4.12. The Morgan fingerprint density at radius 3 is 2.17 bits per heavy atom. The molecule has 0 spiro atoms. The average molecular weight is 557 g/mol. The summed E-state index contributed by atoms with van der Waals surface area (Å²) in [6.07, 6.45) is 12.1. The minimum absolute atomic E-state index is 0.0251. The Kier molecular flexibility index (Phi) is 6.91. The van der Waals surface area contributed by atoms with Crippen molar-refractivity contribution in [3.05, 3.63) is 11.6 Å². The standard InChI is InChI=1S/C34H52O6/c1-29(2)23-12-15-34(7)24(32(23,5)14-13-25(29)40-27(37)11-10-26(35)36)9-8-21-22-20-31(4,28(38)39)17-16-30(22,3)18-19-33(21,34)6/h9,21-23,25H,8,10-20H2,1-7H3,(H,35,36)(H,38,39)/t21-,22+,23+,25+,30-,31+,32+,33-,34-/m1/s1. The molecular formula is C34H52O6. The zero-order chi connectivity index (χ0) is 29.5. The van der Waals surface area contributed by atoms with Crippen LogP contribution in [0.3, 0.4) is 0 Å². The molecule has 0 aromatic rings. The van der Waals surface area contributed by atoms with Crippen molar-refractivity contribution >= 4 is 17.9 Å². The van der Waals surface area contributed by atoms with Gasteiger partial charge in [-0.25, -0.2) is 0 Å². The SMILES string of the molecule is CC1(C)[C@@H](OC(=O)CCC(=O)O)CC[C@]2(C)C3=CC[C@@H]4[C@@H]5C[C@@](C)(C(=O)O)CC[C@]5(C)CC[C@@]4(C)[C@]3(C)CC[C@@H]12. The molecule has 0 aromatic heterocycles. The summed E-state index contributed by atoms with van der Waals surface area (Å²) in [5, 5.41) is 19.1. The first kappa shape index (κ1) is 29.6. The van der Waals surface area contributed by atoms with Crippen LogP contribution in [-0.2, 0) is 19.1 Å². The van der Waals surface area contributed by atoms with Crippen molar-refractivity contribution in [3.63, 3.8) is 0 Å². The lowest BCUT2D eigenvalue weighted by molar-refractivity contribution is -0.189. The molecule has 40 heavy (non-hydrogen) atoms. The highest BCUT2D eigenvalue weighted by atomic mass is 16.5. The third-order valence-corrected chi connectivity index (χ3v) is 14.1. The van der Waals surface area contributed by atoms with E-state index >= 15 is 0 Å². The maximum absolute atomic E-state index is 12.5. The number of hydrogen-bond donors (Lipinski definition) is 2. The zero-order valence-corrected chi connectivity index (χ0v) is 25.9. The summed E-state index contributed by atoms with van der Waals surface area (Å²) in [7, 11) is 0. The Morgan fingerprint density at radius 1 is 0.850 bits per heavy atom. The second-order valence-corrected chi connectivity index (χ2v) is 16.3. The van der Waals surface area contributed by atoms with Gasteiger partial charge in [0.2, 0.25) is 0 Å². The van der Waals surface area contributed by atoms with Gasteiger partial charge in [0.25, 0.3) is 0 Å². The normalized spacial score (nSPS) is 47.4. The van der Waals surface area contributed by atoms with Crippen molar-refractivity contribution in [2.45, 2.75) is 132 Å². The van der Waals surface area contributed by atoms with Crippen LogP contribution in [-0.4, -0.2) is 34.2 Å². The Labute approximate surface area is 240 Å². The van der Waals surface area contributed by atoms with E-state index in [2.05, 4.69) is 47.6 Å². The topological polar surface area (TPSA) is 101 Å². The van der Waals surface area contributed by atoms with Crippen molar-refractivity contribution in [2.24, 2.45) is 50.2 Å². The molecule has 0 aromatic carbocycles. The Balaban J connectivity index is 1.44. The minimum Gasteiger partial charge on any atom is -0.481 e. The predicted molar refractivity (Wildman–Crippen MR) is 153 cm³/mol. The molecule has 0 unspecified atom stereocenters. The Bertz CT molecular complexity index is 1120. The van der Waals surface area contributed by atoms with E-state index in [1.165, 1.54) is 12.8 Å². The number of ether oxygens (including phenoxy) is 1. The maximum Gasteiger partial charge on any atom is 0.309 e. The lowest BCUT2D eigenvalue weighted by atomic mass is 9.34. The van der Waals surface area contributed by atoms with Crippen LogP contribution in [0, 0.1) is 50.2 Å². The van der Waals surface area contributed by atoms with Gasteiger partial charge in [0, 0.05) is 5.41 Å². The van der Waals surface area contributed by atoms with E-state index in [-0.39, 0.29) is 46.0 Å². The molecule has 5 rings (SSSR count). The van der Waals surface area contributed by atoms with Crippen molar-refractivity contribution in [2.75, 3.05) is 0 Å². The van der Waals surface area contributed by atoms with Gasteiger partial charge < -0.3 is 14.9 Å². The minimum atomic E-state index is -0.973. The zero-order valence-electron chi connectivity index (χ0n) is 25.9. The number of aliphatic carboxylic acids is 2. The number of carboxylic acid groups (broad SMARTS) is 2. The molecule has 224 valence electrons. The van der Waals surface area contributed by atoms with Crippen LogP contribution >= 0.6 is 0 Å². The van der Waals surface area contributed by atoms with Gasteiger partial charge in [-0.3, -0.25) is 14.4 Å². The van der Waals surface area contributed by atoms with Crippen molar-refractivity contribution < 1.29 is 29.3 Å². The summed E-state index contributed by atoms with van der Waals surface area (Å²) in [6.45, 7) is 16.5. The quantitative estimate of drug-likeness (QED) is 0.266. The first-order valence-electron chi connectivity index (χ1n) is 15.8. The van der Waals surface area contributed by atoms with E-state index in [0.717, 1.165) is 51.4 Å². The highest BCUT2D eigenvalue weighted by Crippen LogP contribution is 2.75. The van der Waals surface area contributed by atoms with Gasteiger partial charge >= 0.3 is 17.9 Å². The number of allylic oxidation sites excluding steroid dienone is 2. The van der Waals surface area contributed by atoms with E-state index < -0.39 is 23.3 Å². The van der Waals surface area contributed by atoms with Gasteiger partial charge in [0.1, 0.15) is 6.10 Å². The Morgan fingerprint density at radius 2 is 1.52 bits per heavy atom. The number of rotatable bonds is 5. The molecule has 0 radical (unpaired) electrons. The van der Waals surface area contributed by atoms with Crippen LogP contribution in [0.25, 0.3) is 0 Å². The molecule has 5 aliphatic carbocycles. The second-order valence-electron chi connectivity index (χ2n) is 16.3. The number of hydrogen-bond acceptors (Lipinski definition) is 4. The van der Waals surface area contributed by atoms with E-state index in [1.54, 1.807) is 5.57 Å². The second kappa shape index (κ2) is 9.33. The molecule has 9 atom stereocenters. The van der Waals surface area contributed by atoms with Gasteiger partial charge in [0.15, 0.2) is 0 Å². The van der Waals surface area contributed by atoms with Crippen LogP contribution in [0.15, 0.2) is 11.6 Å². The molecule has 4 fully saturated rings. The van der Waals surface area contributed by atoms with Crippen molar-refractivity contribution in [1.82, 2.24) is 0 Å². The highest BCUT2D eigenvalue weighted by Gasteiger charge is 2.68.